The van der Waals surface area contributed by atoms with E-state index >= 15 is 0 Å². The van der Waals surface area contributed by atoms with E-state index in [9.17, 15) is 0 Å². The fourth-order valence-electron chi connectivity index (χ4n) is 3.12. The van der Waals surface area contributed by atoms with Crippen LogP contribution >= 0.6 is 11.3 Å². The Kier molecular flexibility index (Phi) is 4.44. The molecule has 3 aromatic heterocycles. The Balaban J connectivity index is 1.51. The first-order valence-corrected chi connectivity index (χ1v) is 8.94. The molecule has 1 unspecified atom stereocenters. The minimum absolute atomic E-state index is 0.409. The van der Waals surface area contributed by atoms with Gasteiger partial charge in [0, 0.05) is 36.6 Å². The minimum Gasteiger partial charge on any atom is -0.309 e. The number of hydrogen-bond donors (Lipinski definition) is 1. The van der Waals surface area contributed by atoms with Gasteiger partial charge in [-0.2, -0.15) is 0 Å². The maximum Gasteiger partial charge on any atom is 0.228 e. The van der Waals surface area contributed by atoms with Crippen molar-refractivity contribution in [2.45, 2.75) is 25.4 Å². The Morgan fingerprint density at radius 1 is 1.17 bits per heavy atom. The highest BCUT2D eigenvalue weighted by Crippen LogP contribution is 2.33. The molecule has 1 aliphatic rings. The topological polar surface area (TPSA) is 66.8 Å². The van der Waals surface area contributed by atoms with Gasteiger partial charge in [0.25, 0.3) is 0 Å². The van der Waals surface area contributed by atoms with Gasteiger partial charge in [0.05, 0.1) is 11.2 Å². The summed E-state index contributed by atoms with van der Waals surface area (Å²) in [6.45, 7) is 2.01. The van der Waals surface area contributed by atoms with Gasteiger partial charge in [0.2, 0.25) is 5.95 Å². The molecule has 3 aromatic rings. The first-order valence-electron chi connectivity index (χ1n) is 7.99. The van der Waals surface area contributed by atoms with Crippen molar-refractivity contribution in [1.29, 1.82) is 0 Å². The van der Waals surface area contributed by atoms with Crippen molar-refractivity contribution in [2.75, 3.05) is 11.9 Å². The summed E-state index contributed by atoms with van der Waals surface area (Å²) in [5, 5.41) is 5.29. The number of aromatic nitrogens is 4. The lowest BCUT2D eigenvalue weighted by molar-refractivity contribution is 0.246. The highest BCUT2D eigenvalue weighted by Gasteiger charge is 2.26. The summed E-state index contributed by atoms with van der Waals surface area (Å²) in [5.41, 5.74) is 4.32. The van der Waals surface area contributed by atoms with Gasteiger partial charge in [0.15, 0.2) is 0 Å². The minimum atomic E-state index is 0.409. The van der Waals surface area contributed by atoms with Gasteiger partial charge in [0.1, 0.15) is 5.82 Å². The van der Waals surface area contributed by atoms with Crippen molar-refractivity contribution in [3.63, 3.8) is 0 Å². The lowest BCUT2D eigenvalue weighted by Crippen LogP contribution is -2.23. The van der Waals surface area contributed by atoms with Crippen molar-refractivity contribution < 1.29 is 0 Å². The van der Waals surface area contributed by atoms with Crippen LogP contribution in [-0.4, -0.2) is 31.4 Å². The molecule has 1 aliphatic heterocycles. The number of hydrogen-bond acceptors (Lipinski definition) is 7. The van der Waals surface area contributed by atoms with E-state index in [0.29, 0.717) is 12.0 Å². The third-order valence-electron chi connectivity index (χ3n) is 4.19. The predicted octanol–water partition coefficient (Wildman–Crippen LogP) is 3.41. The van der Waals surface area contributed by atoms with E-state index in [0.717, 1.165) is 31.0 Å². The molecule has 122 valence electrons. The zero-order chi connectivity index (χ0) is 16.2. The molecule has 24 heavy (non-hydrogen) atoms. The maximum absolute atomic E-state index is 4.42. The maximum atomic E-state index is 4.42. The van der Waals surface area contributed by atoms with Crippen molar-refractivity contribution in [1.82, 2.24) is 24.8 Å². The highest BCUT2D eigenvalue weighted by molar-refractivity contribution is 7.07. The van der Waals surface area contributed by atoms with Crippen LogP contribution in [0.4, 0.5) is 11.8 Å². The third-order valence-corrected chi connectivity index (χ3v) is 4.82. The lowest BCUT2D eigenvalue weighted by Gasteiger charge is -2.24. The molecule has 0 aromatic carbocycles. The van der Waals surface area contributed by atoms with E-state index in [1.54, 1.807) is 29.8 Å². The van der Waals surface area contributed by atoms with E-state index in [1.807, 2.05) is 11.7 Å². The summed E-state index contributed by atoms with van der Waals surface area (Å²) < 4.78 is 0. The number of nitrogens with one attached hydrogen (secondary N) is 1. The fourth-order valence-corrected chi connectivity index (χ4v) is 3.67. The van der Waals surface area contributed by atoms with E-state index in [2.05, 4.69) is 47.7 Å². The Labute approximate surface area is 144 Å². The molecule has 4 rings (SSSR count). The number of rotatable bonds is 5. The van der Waals surface area contributed by atoms with E-state index in [-0.39, 0.29) is 0 Å². The van der Waals surface area contributed by atoms with Gasteiger partial charge in [-0.1, -0.05) is 0 Å². The smallest absolute Gasteiger partial charge is 0.228 e. The lowest BCUT2D eigenvalue weighted by atomic mass is 10.1. The summed E-state index contributed by atoms with van der Waals surface area (Å²) in [4.78, 5) is 19.7. The Morgan fingerprint density at radius 3 is 2.92 bits per heavy atom. The molecule has 1 N–H and O–H groups in total. The van der Waals surface area contributed by atoms with Crippen molar-refractivity contribution in [3.05, 3.63) is 58.9 Å². The van der Waals surface area contributed by atoms with Gasteiger partial charge in [-0.3, -0.25) is 4.90 Å². The molecule has 1 atom stereocenters. The second-order valence-electron chi connectivity index (χ2n) is 5.78. The largest absolute Gasteiger partial charge is 0.309 e. The summed E-state index contributed by atoms with van der Waals surface area (Å²) in [6.07, 6.45) is 7.65. The average Bonchev–Trinajstić information content (AvgIpc) is 3.28. The average molecular weight is 338 g/mol. The SMILES string of the molecule is c1cnc(Nc2cc(C3CCCN3Cc3cscn3)ccn2)nc1. The predicted molar refractivity (Wildman–Crippen MR) is 94.1 cm³/mol. The van der Waals surface area contributed by atoms with Gasteiger partial charge in [-0.25, -0.2) is 19.9 Å². The monoisotopic (exact) mass is 338 g/mol. The van der Waals surface area contributed by atoms with Crippen molar-refractivity contribution >= 4 is 23.1 Å². The number of nitrogens with zero attached hydrogens (tertiary/aromatic N) is 5. The molecular formula is C17H18N6S. The number of pyridine rings is 1. The Morgan fingerprint density at radius 2 is 2.08 bits per heavy atom. The molecule has 4 heterocycles. The number of likely N-dealkylation sites (tertiary alicyclic amines) is 1. The second-order valence-corrected chi connectivity index (χ2v) is 6.50. The molecule has 6 nitrogen and oxygen atoms in total. The van der Waals surface area contributed by atoms with Crippen LogP contribution < -0.4 is 5.32 Å². The third kappa shape index (κ3) is 3.42. The van der Waals surface area contributed by atoms with E-state index < -0.39 is 0 Å². The van der Waals surface area contributed by atoms with Gasteiger partial charge >= 0.3 is 0 Å². The van der Waals surface area contributed by atoms with Crippen molar-refractivity contribution in [3.8, 4) is 0 Å². The highest BCUT2D eigenvalue weighted by atomic mass is 32.1. The summed E-state index contributed by atoms with van der Waals surface area (Å²) >= 11 is 1.65. The standard InChI is InChI=1S/C17H18N6S/c1-3-15(23(8-1)10-14-11-24-12-21-14)13-4-7-18-16(9-13)22-17-19-5-2-6-20-17/h2,4-7,9,11-12,15H,1,3,8,10H2,(H,18,19,20,22). The van der Waals surface area contributed by atoms with Gasteiger partial charge < -0.3 is 5.32 Å². The zero-order valence-corrected chi connectivity index (χ0v) is 14.0. The first-order chi connectivity index (χ1) is 11.9. The van der Waals surface area contributed by atoms with Crippen LogP contribution in [0.5, 0.6) is 0 Å². The molecule has 0 spiro atoms. The summed E-state index contributed by atoms with van der Waals surface area (Å²) in [6, 6.07) is 6.40. The molecule has 0 amide bonds. The molecule has 1 fully saturated rings. The van der Waals surface area contributed by atoms with Crippen molar-refractivity contribution in [2.24, 2.45) is 0 Å². The quantitative estimate of drug-likeness (QED) is 0.769. The van der Waals surface area contributed by atoms with Gasteiger partial charge in [-0.05, 0) is 43.1 Å². The van der Waals surface area contributed by atoms with Crippen LogP contribution in [0.25, 0.3) is 0 Å². The Hall–Kier alpha value is -2.38. The molecule has 0 radical (unpaired) electrons. The molecule has 0 bridgehead atoms. The second kappa shape index (κ2) is 7.02. The van der Waals surface area contributed by atoms with Crippen LogP contribution in [0.15, 0.2) is 47.7 Å². The zero-order valence-electron chi connectivity index (χ0n) is 13.2. The first kappa shape index (κ1) is 15.2. The van der Waals surface area contributed by atoms with Crippen LogP contribution in [0.3, 0.4) is 0 Å². The van der Waals surface area contributed by atoms with Crippen LogP contribution in [-0.2, 0) is 6.54 Å². The molecule has 1 saturated heterocycles. The normalized spacial score (nSPS) is 17.9. The number of thiazole rings is 1. The van der Waals surface area contributed by atoms with E-state index in [4.69, 9.17) is 0 Å². The Bertz CT molecular complexity index is 777. The van der Waals surface area contributed by atoms with Crippen LogP contribution in [0.1, 0.15) is 30.1 Å². The molecule has 0 aliphatic carbocycles. The molecule has 0 saturated carbocycles. The van der Waals surface area contributed by atoms with Crippen LogP contribution in [0.2, 0.25) is 0 Å². The van der Waals surface area contributed by atoms with E-state index in [1.165, 1.54) is 12.0 Å². The summed E-state index contributed by atoms with van der Waals surface area (Å²) in [5.74, 6) is 1.34. The van der Waals surface area contributed by atoms with Gasteiger partial charge in [-0.15, -0.1) is 11.3 Å². The number of anilines is 2. The van der Waals surface area contributed by atoms with Crippen LogP contribution in [0, 0.1) is 0 Å². The molecule has 7 heteroatoms. The summed E-state index contributed by atoms with van der Waals surface area (Å²) in [7, 11) is 0. The molecular weight excluding hydrogens is 320 g/mol. The fraction of sp³-hybridized carbons (Fsp3) is 0.294.